The van der Waals surface area contributed by atoms with E-state index in [1.165, 1.54) is 0 Å². The van der Waals surface area contributed by atoms with Gasteiger partial charge in [0, 0.05) is 12.6 Å². The van der Waals surface area contributed by atoms with Gasteiger partial charge in [-0.25, -0.2) is 8.42 Å². The molecular weight excluding hydrogens is 252 g/mol. The molecule has 0 aliphatic heterocycles. The number of amides is 1. The third kappa shape index (κ3) is 8.47. The minimum Gasteiger partial charge on any atom is -0.356 e. The van der Waals surface area contributed by atoms with Gasteiger partial charge in [-0.05, 0) is 32.7 Å². The lowest BCUT2D eigenvalue weighted by Crippen LogP contribution is -2.32. The molecule has 1 atom stereocenters. The molecule has 0 rings (SSSR count). The van der Waals surface area contributed by atoms with Crippen molar-refractivity contribution in [3.8, 4) is 0 Å². The molecule has 0 aliphatic carbocycles. The number of hydrogen-bond acceptors (Lipinski definition) is 4. The quantitative estimate of drug-likeness (QED) is 0.617. The average Bonchev–Trinajstić information content (AvgIpc) is 2.27. The predicted octanol–water partition coefficient (Wildman–Crippen LogP) is 0.706. The van der Waals surface area contributed by atoms with Crippen molar-refractivity contribution in [1.82, 2.24) is 10.6 Å². The van der Waals surface area contributed by atoms with Crippen LogP contribution in [0.15, 0.2) is 0 Å². The van der Waals surface area contributed by atoms with Crippen LogP contribution in [0.2, 0.25) is 0 Å². The topological polar surface area (TPSA) is 75.3 Å². The Balaban J connectivity index is 3.99. The molecule has 0 aliphatic rings. The van der Waals surface area contributed by atoms with Crippen LogP contribution in [-0.2, 0) is 14.6 Å². The Morgan fingerprint density at radius 1 is 1.17 bits per heavy atom. The number of sulfone groups is 1. The Hall–Kier alpha value is -0.620. The maximum Gasteiger partial charge on any atom is 0.235 e. The van der Waals surface area contributed by atoms with Gasteiger partial charge in [-0.15, -0.1) is 0 Å². The van der Waals surface area contributed by atoms with Gasteiger partial charge in [0.2, 0.25) is 5.91 Å². The zero-order valence-electron chi connectivity index (χ0n) is 11.7. The fraction of sp³-hybridized carbons (Fsp3) is 0.917. The molecule has 18 heavy (non-hydrogen) atoms. The fourth-order valence-electron chi connectivity index (χ4n) is 1.81. The molecular formula is C12H26N2O3S. The second-order valence-electron chi connectivity index (χ2n) is 4.35. The van der Waals surface area contributed by atoms with Gasteiger partial charge in [-0.3, -0.25) is 4.79 Å². The van der Waals surface area contributed by atoms with E-state index in [1.807, 2.05) is 6.92 Å². The largest absolute Gasteiger partial charge is 0.356 e. The fourth-order valence-corrected chi connectivity index (χ4v) is 3.06. The Morgan fingerprint density at radius 3 is 2.33 bits per heavy atom. The van der Waals surface area contributed by atoms with Crippen LogP contribution < -0.4 is 10.6 Å². The van der Waals surface area contributed by atoms with Crippen LogP contribution >= 0.6 is 0 Å². The summed E-state index contributed by atoms with van der Waals surface area (Å²) >= 11 is 0. The number of carbonyl (C=O) groups excluding carboxylic acids is 1. The van der Waals surface area contributed by atoms with Gasteiger partial charge in [0.15, 0.2) is 9.84 Å². The average molecular weight is 278 g/mol. The molecule has 0 radical (unpaired) electrons. The van der Waals surface area contributed by atoms with Crippen LogP contribution in [-0.4, -0.2) is 45.0 Å². The Bertz CT molecular complexity index is 328. The van der Waals surface area contributed by atoms with E-state index in [4.69, 9.17) is 0 Å². The van der Waals surface area contributed by atoms with E-state index in [9.17, 15) is 13.2 Å². The smallest absolute Gasteiger partial charge is 0.235 e. The minimum atomic E-state index is -3.26. The SMILES string of the molecule is CCNC(=O)CS(=O)(=O)CCCC(CC)NCC. The van der Waals surface area contributed by atoms with E-state index in [-0.39, 0.29) is 5.75 Å². The predicted molar refractivity (Wildman–Crippen MR) is 74.3 cm³/mol. The van der Waals surface area contributed by atoms with Crippen molar-refractivity contribution in [1.29, 1.82) is 0 Å². The first-order chi connectivity index (χ1) is 8.45. The van der Waals surface area contributed by atoms with Gasteiger partial charge in [-0.1, -0.05) is 13.8 Å². The first kappa shape index (κ1) is 17.4. The summed E-state index contributed by atoms with van der Waals surface area (Å²) < 4.78 is 23.3. The normalized spacial score (nSPS) is 13.3. The van der Waals surface area contributed by atoms with Gasteiger partial charge in [0.1, 0.15) is 5.75 Å². The Morgan fingerprint density at radius 2 is 1.83 bits per heavy atom. The third-order valence-electron chi connectivity index (χ3n) is 2.72. The van der Waals surface area contributed by atoms with Crippen LogP contribution in [0.25, 0.3) is 0 Å². The molecule has 0 aromatic rings. The van der Waals surface area contributed by atoms with E-state index >= 15 is 0 Å². The summed E-state index contributed by atoms with van der Waals surface area (Å²) in [4.78, 5) is 11.2. The highest BCUT2D eigenvalue weighted by molar-refractivity contribution is 7.92. The van der Waals surface area contributed by atoms with Gasteiger partial charge >= 0.3 is 0 Å². The lowest BCUT2D eigenvalue weighted by atomic mass is 10.1. The molecule has 6 heteroatoms. The summed E-state index contributed by atoms with van der Waals surface area (Å²) in [6.45, 7) is 7.24. The third-order valence-corrected chi connectivity index (χ3v) is 4.33. The second kappa shape index (κ2) is 9.33. The standard InChI is InChI=1S/C12H26N2O3S/c1-4-11(13-5-2)8-7-9-18(16,17)10-12(15)14-6-3/h11,13H,4-10H2,1-3H3,(H,14,15). The van der Waals surface area contributed by atoms with E-state index in [2.05, 4.69) is 17.6 Å². The molecule has 0 fully saturated rings. The summed E-state index contributed by atoms with van der Waals surface area (Å²) in [5, 5.41) is 5.81. The van der Waals surface area contributed by atoms with Gasteiger partial charge < -0.3 is 10.6 Å². The summed E-state index contributed by atoms with van der Waals surface area (Å²) in [5.74, 6) is -0.707. The number of nitrogens with one attached hydrogen (secondary N) is 2. The first-order valence-corrected chi connectivity index (χ1v) is 8.47. The van der Waals surface area contributed by atoms with Crippen LogP contribution in [0, 0.1) is 0 Å². The maximum atomic E-state index is 11.7. The number of carbonyl (C=O) groups is 1. The lowest BCUT2D eigenvalue weighted by molar-refractivity contribution is -0.118. The molecule has 0 heterocycles. The van der Waals surface area contributed by atoms with Crippen molar-refractivity contribution in [3.63, 3.8) is 0 Å². The Kier molecular flexibility index (Phi) is 9.01. The molecule has 5 nitrogen and oxygen atoms in total. The highest BCUT2D eigenvalue weighted by Crippen LogP contribution is 2.04. The zero-order chi connectivity index (χ0) is 14.0. The van der Waals surface area contributed by atoms with Crippen LogP contribution in [0.3, 0.4) is 0 Å². The zero-order valence-corrected chi connectivity index (χ0v) is 12.5. The summed E-state index contributed by atoms with van der Waals surface area (Å²) in [6, 6.07) is 0.370. The minimum absolute atomic E-state index is 0.0893. The molecule has 0 aromatic carbocycles. The molecule has 1 unspecified atom stereocenters. The molecule has 1 amide bonds. The van der Waals surface area contributed by atoms with E-state index in [1.54, 1.807) is 6.92 Å². The van der Waals surface area contributed by atoms with Crippen LogP contribution in [0.5, 0.6) is 0 Å². The van der Waals surface area contributed by atoms with E-state index in [0.29, 0.717) is 19.0 Å². The molecule has 0 saturated heterocycles. The van der Waals surface area contributed by atoms with Gasteiger partial charge in [0.05, 0.1) is 5.75 Å². The van der Waals surface area contributed by atoms with Crippen molar-refractivity contribution in [3.05, 3.63) is 0 Å². The van der Waals surface area contributed by atoms with Crippen LogP contribution in [0.4, 0.5) is 0 Å². The highest BCUT2D eigenvalue weighted by Gasteiger charge is 2.16. The van der Waals surface area contributed by atoms with E-state index < -0.39 is 21.5 Å². The summed E-state index contributed by atoms with van der Waals surface area (Å²) in [6.07, 6.45) is 2.43. The van der Waals surface area contributed by atoms with E-state index in [0.717, 1.165) is 19.4 Å². The Labute approximate surface area is 111 Å². The molecule has 2 N–H and O–H groups in total. The summed E-state index contributed by atoms with van der Waals surface area (Å²) in [7, 11) is -3.26. The lowest BCUT2D eigenvalue weighted by Gasteiger charge is -2.15. The van der Waals surface area contributed by atoms with Crippen molar-refractivity contribution in [2.45, 2.75) is 46.1 Å². The molecule has 0 bridgehead atoms. The molecule has 0 saturated carbocycles. The summed E-state index contributed by atoms with van der Waals surface area (Å²) in [5.41, 5.74) is 0. The molecule has 108 valence electrons. The second-order valence-corrected chi connectivity index (χ2v) is 6.53. The number of rotatable bonds is 10. The van der Waals surface area contributed by atoms with Gasteiger partial charge in [0.25, 0.3) is 0 Å². The maximum absolute atomic E-state index is 11.7. The van der Waals surface area contributed by atoms with Crippen molar-refractivity contribution in [2.75, 3.05) is 24.6 Å². The first-order valence-electron chi connectivity index (χ1n) is 6.65. The van der Waals surface area contributed by atoms with Gasteiger partial charge in [-0.2, -0.15) is 0 Å². The monoisotopic (exact) mass is 278 g/mol. The van der Waals surface area contributed by atoms with Crippen molar-refractivity contribution >= 4 is 15.7 Å². The van der Waals surface area contributed by atoms with Crippen molar-refractivity contribution < 1.29 is 13.2 Å². The molecule has 0 spiro atoms. The molecule has 0 aromatic heterocycles. The van der Waals surface area contributed by atoms with Crippen LogP contribution in [0.1, 0.15) is 40.0 Å². The highest BCUT2D eigenvalue weighted by atomic mass is 32.2. The van der Waals surface area contributed by atoms with Crippen molar-refractivity contribution in [2.24, 2.45) is 0 Å². The number of hydrogen-bond donors (Lipinski definition) is 2.